The van der Waals surface area contributed by atoms with Crippen molar-refractivity contribution < 1.29 is 4.42 Å². The molecule has 0 radical (unpaired) electrons. The van der Waals surface area contributed by atoms with Crippen molar-refractivity contribution in [2.75, 3.05) is 13.6 Å². The Morgan fingerprint density at radius 2 is 1.86 bits per heavy atom. The molecule has 2 heteroatoms. The summed E-state index contributed by atoms with van der Waals surface area (Å²) >= 11 is 0. The maximum Gasteiger partial charge on any atom is 0.0980 e. The number of rotatable bonds is 2. The van der Waals surface area contributed by atoms with Gasteiger partial charge in [-0.3, -0.25) is 0 Å². The van der Waals surface area contributed by atoms with Crippen LogP contribution in [0.3, 0.4) is 0 Å². The fourth-order valence-corrected chi connectivity index (χ4v) is 3.43. The lowest BCUT2D eigenvalue weighted by atomic mass is 9.84. The predicted molar refractivity (Wildman–Crippen MR) is 88.8 cm³/mol. The number of nitrogens with zero attached hydrogens (tertiary/aromatic N) is 1. The molecule has 0 aliphatic carbocycles. The van der Waals surface area contributed by atoms with Gasteiger partial charge in [0.15, 0.2) is 0 Å². The van der Waals surface area contributed by atoms with Gasteiger partial charge in [0, 0.05) is 24.6 Å². The molecule has 0 saturated heterocycles. The highest BCUT2D eigenvalue weighted by Gasteiger charge is 2.24. The second kappa shape index (κ2) is 5.47. The first-order valence-electron chi connectivity index (χ1n) is 7.70. The Balaban J connectivity index is 1.78. The van der Waals surface area contributed by atoms with E-state index < -0.39 is 0 Å². The third-order valence-electron chi connectivity index (χ3n) is 4.51. The van der Waals surface area contributed by atoms with Gasteiger partial charge < -0.3 is 9.32 Å². The van der Waals surface area contributed by atoms with Crippen molar-refractivity contribution in [3.8, 4) is 11.1 Å². The van der Waals surface area contributed by atoms with Crippen LogP contribution in [0.25, 0.3) is 11.1 Å². The van der Waals surface area contributed by atoms with Crippen molar-refractivity contribution in [3.63, 3.8) is 0 Å². The van der Waals surface area contributed by atoms with Crippen LogP contribution in [0, 0.1) is 0 Å². The van der Waals surface area contributed by atoms with Crippen LogP contribution in [0.5, 0.6) is 0 Å². The highest BCUT2D eigenvalue weighted by molar-refractivity contribution is 5.64. The average Bonchev–Trinajstić information content (AvgIpc) is 3.09. The van der Waals surface area contributed by atoms with Gasteiger partial charge >= 0.3 is 0 Å². The SMILES string of the molecule is CN1Cc2cc(-c3ccoc3)ccc2C(c2ccccc2)C1. The lowest BCUT2D eigenvalue weighted by Crippen LogP contribution is -2.30. The van der Waals surface area contributed by atoms with E-state index in [4.69, 9.17) is 4.42 Å². The van der Waals surface area contributed by atoms with Crippen LogP contribution in [0.2, 0.25) is 0 Å². The van der Waals surface area contributed by atoms with Crippen LogP contribution in [0.15, 0.2) is 71.5 Å². The van der Waals surface area contributed by atoms with Gasteiger partial charge in [0.05, 0.1) is 12.5 Å². The van der Waals surface area contributed by atoms with E-state index in [1.807, 2.05) is 12.3 Å². The number of likely N-dealkylation sites (N-methyl/N-ethyl adjacent to an activating group) is 1. The van der Waals surface area contributed by atoms with E-state index in [0.717, 1.165) is 18.7 Å². The summed E-state index contributed by atoms with van der Waals surface area (Å²) in [5, 5.41) is 0. The average molecular weight is 289 g/mol. The maximum absolute atomic E-state index is 5.21. The molecule has 2 heterocycles. The Labute approximate surface area is 131 Å². The van der Waals surface area contributed by atoms with E-state index in [9.17, 15) is 0 Å². The molecule has 110 valence electrons. The molecule has 2 nitrogen and oxygen atoms in total. The maximum atomic E-state index is 5.21. The van der Waals surface area contributed by atoms with E-state index >= 15 is 0 Å². The summed E-state index contributed by atoms with van der Waals surface area (Å²) in [6, 6.07) is 19.6. The Bertz CT molecular complexity index is 762. The van der Waals surface area contributed by atoms with Crippen LogP contribution in [0.4, 0.5) is 0 Å². The minimum absolute atomic E-state index is 0.452. The monoisotopic (exact) mass is 289 g/mol. The lowest BCUT2D eigenvalue weighted by Gasteiger charge is -2.33. The predicted octanol–water partition coefficient (Wildman–Crippen LogP) is 4.52. The van der Waals surface area contributed by atoms with Crippen molar-refractivity contribution in [1.29, 1.82) is 0 Å². The number of hydrogen-bond donors (Lipinski definition) is 0. The molecule has 1 unspecified atom stereocenters. The van der Waals surface area contributed by atoms with Crippen LogP contribution < -0.4 is 0 Å². The van der Waals surface area contributed by atoms with Crippen molar-refractivity contribution >= 4 is 0 Å². The summed E-state index contributed by atoms with van der Waals surface area (Å²) in [5.74, 6) is 0.452. The minimum atomic E-state index is 0.452. The first-order valence-corrected chi connectivity index (χ1v) is 7.70. The Hall–Kier alpha value is -2.32. The normalized spacial score (nSPS) is 18.1. The number of benzene rings is 2. The molecule has 0 bridgehead atoms. The van der Waals surface area contributed by atoms with Gasteiger partial charge in [-0.15, -0.1) is 0 Å². The van der Waals surface area contributed by atoms with Gasteiger partial charge in [-0.05, 0) is 41.4 Å². The number of hydrogen-bond acceptors (Lipinski definition) is 2. The molecule has 0 fully saturated rings. The first-order chi connectivity index (χ1) is 10.8. The molecule has 4 rings (SSSR count). The van der Waals surface area contributed by atoms with Gasteiger partial charge in [0.25, 0.3) is 0 Å². The standard InChI is InChI=1S/C20H19NO/c1-21-12-18-11-16(17-9-10-22-14-17)7-8-19(18)20(13-21)15-5-3-2-4-6-15/h2-11,14,20H,12-13H2,1H3. The van der Waals surface area contributed by atoms with E-state index in [1.54, 1.807) is 6.26 Å². The summed E-state index contributed by atoms with van der Waals surface area (Å²) in [5.41, 5.74) is 6.64. The molecule has 3 aromatic rings. The van der Waals surface area contributed by atoms with Crippen molar-refractivity contribution in [1.82, 2.24) is 4.90 Å². The third kappa shape index (κ3) is 2.36. The number of furan rings is 1. The van der Waals surface area contributed by atoms with Crippen LogP contribution >= 0.6 is 0 Å². The van der Waals surface area contributed by atoms with Gasteiger partial charge in [-0.2, -0.15) is 0 Å². The quantitative estimate of drug-likeness (QED) is 0.689. The molecule has 1 atom stereocenters. The molecule has 0 amide bonds. The fraction of sp³-hybridized carbons (Fsp3) is 0.200. The van der Waals surface area contributed by atoms with E-state index in [-0.39, 0.29) is 0 Å². The lowest BCUT2D eigenvalue weighted by molar-refractivity contribution is 0.295. The Kier molecular flexibility index (Phi) is 3.32. The highest BCUT2D eigenvalue weighted by atomic mass is 16.3. The largest absolute Gasteiger partial charge is 0.472 e. The van der Waals surface area contributed by atoms with Crippen LogP contribution in [-0.4, -0.2) is 18.5 Å². The van der Waals surface area contributed by atoms with E-state index in [0.29, 0.717) is 5.92 Å². The molecule has 2 aromatic carbocycles. The molecule has 1 aromatic heterocycles. The smallest absolute Gasteiger partial charge is 0.0980 e. The summed E-state index contributed by atoms with van der Waals surface area (Å²) < 4.78 is 5.21. The molecule has 0 saturated carbocycles. The minimum Gasteiger partial charge on any atom is -0.472 e. The molecular formula is C20H19NO. The molecule has 1 aliphatic heterocycles. The van der Waals surface area contributed by atoms with E-state index in [1.165, 1.54) is 22.3 Å². The third-order valence-corrected chi connectivity index (χ3v) is 4.51. The van der Waals surface area contributed by atoms with Crippen molar-refractivity contribution in [2.24, 2.45) is 0 Å². The summed E-state index contributed by atoms with van der Waals surface area (Å²) in [7, 11) is 2.20. The van der Waals surface area contributed by atoms with Gasteiger partial charge in [0.1, 0.15) is 0 Å². The number of fused-ring (bicyclic) bond motifs is 1. The summed E-state index contributed by atoms with van der Waals surface area (Å²) in [4.78, 5) is 2.40. The van der Waals surface area contributed by atoms with Crippen molar-refractivity contribution in [2.45, 2.75) is 12.5 Å². The fourth-order valence-electron chi connectivity index (χ4n) is 3.43. The zero-order valence-electron chi connectivity index (χ0n) is 12.7. The summed E-state index contributed by atoms with van der Waals surface area (Å²) in [6.07, 6.45) is 3.54. The van der Waals surface area contributed by atoms with Crippen LogP contribution in [0.1, 0.15) is 22.6 Å². The van der Waals surface area contributed by atoms with Gasteiger partial charge in [-0.1, -0.05) is 42.5 Å². The van der Waals surface area contributed by atoms with Gasteiger partial charge in [0.2, 0.25) is 0 Å². The molecule has 0 spiro atoms. The zero-order chi connectivity index (χ0) is 14.9. The molecule has 0 N–H and O–H groups in total. The summed E-state index contributed by atoms with van der Waals surface area (Å²) in [6.45, 7) is 2.08. The highest BCUT2D eigenvalue weighted by Crippen LogP contribution is 2.35. The molecule has 22 heavy (non-hydrogen) atoms. The Morgan fingerprint density at radius 1 is 1.00 bits per heavy atom. The van der Waals surface area contributed by atoms with Crippen LogP contribution in [-0.2, 0) is 6.54 Å². The first kappa shape index (κ1) is 13.4. The molecular weight excluding hydrogens is 270 g/mol. The zero-order valence-corrected chi connectivity index (χ0v) is 12.7. The second-order valence-electron chi connectivity index (χ2n) is 6.09. The Morgan fingerprint density at radius 3 is 2.64 bits per heavy atom. The van der Waals surface area contributed by atoms with Crippen molar-refractivity contribution in [3.05, 3.63) is 83.8 Å². The topological polar surface area (TPSA) is 16.4 Å². The van der Waals surface area contributed by atoms with E-state index in [2.05, 4.69) is 60.5 Å². The van der Waals surface area contributed by atoms with Gasteiger partial charge in [-0.25, -0.2) is 0 Å². The molecule has 1 aliphatic rings. The second-order valence-corrected chi connectivity index (χ2v) is 6.09.